The molecule has 4 heteroatoms. The van der Waals surface area contributed by atoms with Crippen molar-refractivity contribution in [3.05, 3.63) is 102 Å². The maximum absolute atomic E-state index is 13.6. The highest BCUT2D eigenvalue weighted by molar-refractivity contribution is 6.06. The highest BCUT2D eigenvalue weighted by atomic mass is 16.2. The minimum absolute atomic E-state index is 0.0550. The summed E-state index contributed by atoms with van der Waals surface area (Å²) in [7, 11) is 0. The number of carbonyl (C=O) groups excluding carboxylic acids is 1. The van der Waals surface area contributed by atoms with Crippen LogP contribution in [0.2, 0.25) is 0 Å². The summed E-state index contributed by atoms with van der Waals surface area (Å²) in [6, 6.07) is 23.8. The van der Waals surface area contributed by atoms with E-state index in [1.807, 2.05) is 102 Å². The van der Waals surface area contributed by atoms with Crippen LogP contribution >= 0.6 is 0 Å². The number of amides is 1. The van der Waals surface area contributed by atoms with E-state index in [-0.39, 0.29) is 5.91 Å². The van der Waals surface area contributed by atoms with E-state index in [9.17, 15) is 4.79 Å². The fraction of sp³-hybridized carbons (Fsp3) is 0.130. The van der Waals surface area contributed by atoms with E-state index in [1.54, 1.807) is 0 Å². The zero-order chi connectivity index (χ0) is 18.8. The first-order valence-electron chi connectivity index (χ1n) is 9.00. The summed E-state index contributed by atoms with van der Waals surface area (Å²) >= 11 is 0. The van der Waals surface area contributed by atoms with Gasteiger partial charge >= 0.3 is 0 Å². The predicted molar refractivity (Wildman–Crippen MR) is 108 cm³/mol. The monoisotopic (exact) mass is 355 g/mol. The molecule has 2 aromatic carbocycles. The fourth-order valence-corrected chi connectivity index (χ4v) is 3.36. The smallest absolute Gasteiger partial charge is 0.277 e. The Morgan fingerprint density at radius 1 is 0.926 bits per heavy atom. The summed E-state index contributed by atoms with van der Waals surface area (Å²) in [6.07, 6.45) is 1.90. The third kappa shape index (κ3) is 3.22. The van der Waals surface area contributed by atoms with Gasteiger partial charge < -0.3 is 4.90 Å². The van der Waals surface area contributed by atoms with E-state index in [1.165, 1.54) is 0 Å². The van der Waals surface area contributed by atoms with Crippen molar-refractivity contribution in [2.75, 3.05) is 4.90 Å². The Kier molecular flexibility index (Phi) is 4.47. The van der Waals surface area contributed by atoms with E-state index in [0.29, 0.717) is 12.2 Å². The highest BCUT2D eigenvalue weighted by Crippen LogP contribution is 2.23. The molecule has 0 aliphatic heterocycles. The van der Waals surface area contributed by atoms with Crippen LogP contribution in [0.4, 0.5) is 5.69 Å². The van der Waals surface area contributed by atoms with E-state index >= 15 is 0 Å². The molecule has 0 aliphatic carbocycles. The first kappa shape index (κ1) is 17.0. The van der Waals surface area contributed by atoms with Gasteiger partial charge in [-0.3, -0.25) is 9.20 Å². The van der Waals surface area contributed by atoms with Crippen molar-refractivity contribution in [3.63, 3.8) is 0 Å². The van der Waals surface area contributed by atoms with Crippen LogP contribution in [-0.4, -0.2) is 15.3 Å². The van der Waals surface area contributed by atoms with Gasteiger partial charge in [-0.25, -0.2) is 4.98 Å². The van der Waals surface area contributed by atoms with Gasteiger partial charge in [0.05, 0.1) is 12.2 Å². The van der Waals surface area contributed by atoms with Crippen LogP contribution in [0, 0.1) is 13.8 Å². The molecule has 0 aliphatic rings. The number of hydrogen-bond acceptors (Lipinski definition) is 2. The molecule has 0 unspecified atom stereocenters. The van der Waals surface area contributed by atoms with Crippen LogP contribution in [0.3, 0.4) is 0 Å². The lowest BCUT2D eigenvalue weighted by Gasteiger charge is -2.23. The number of pyridine rings is 1. The van der Waals surface area contributed by atoms with Gasteiger partial charge in [-0.1, -0.05) is 54.6 Å². The Hall–Kier alpha value is -3.40. The van der Waals surface area contributed by atoms with Gasteiger partial charge in [0.2, 0.25) is 0 Å². The Balaban J connectivity index is 1.82. The summed E-state index contributed by atoms with van der Waals surface area (Å²) in [5.41, 5.74) is 5.17. The standard InChI is InChI=1S/C23H21N3O/c1-17-10-9-15-25-21(18(2)24-22(17)25)23(27)26(20-13-7-4-8-14-20)16-19-11-5-3-6-12-19/h3-15H,16H2,1-2H3. The van der Waals surface area contributed by atoms with Crippen molar-refractivity contribution >= 4 is 17.2 Å². The number of carbonyl (C=O) groups is 1. The molecule has 2 heterocycles. The maximum atomic E-state index is 13.6. The second kappa shape index (κ2) is 7.08. The molecule has 27 heavy (non-hydrogen) atoms. The van der Waals surface area contributed by atoms with Crippen LogP contribution in [0.15, 0.2) is 79.0 Å². The lowest BCUT2D eigenvalue weighted by atomic mass is 10.1. The van der Waals surface area contributed by atoms with Crippen LogP contribution < -0.4 is 4.90 Å². The SMILES string of the molecule is Cc1nc2c(C)cccn2c1C(=O)N(Cc1ccccc1)c1ccccc1. The molecule has 0 spiro atoms. The van der Waals surface area contributed by atoms with Crippen LogP contribution in [0.25, 0.3) is 5.65 Å². The zero-order valence-electron chi connectivity index (χ0n) is 15.5. The molecular weight excluding hydrogens is 334 g/mol. The van der Waals surface area contributed by atoms with Gasteiger partial charge in [-0.2, -0.15) is 0 Å². The van der Waals surface area contributed by atoms with Crippen molar-refractivity contribution in [2.24, 2.45) is 0 Å². The number of benzene rings is 2. The lowest BCUT2D eigenvalue weighted by Crippen LogP contribution is -2.31. The van der Waals surface area contributed by atoms with Crippen LogP contribution in [-0.2, 0) is 6.54 Å². The highest BCUT2D eigenvalue weighted by Gasteiger charge is 2.24. The van der Waals surface area contributed by atoms with Gasteiger partial charge in [0, 0.05) is 11.9 Å². The molecule has 4 aromatic rings. The van der Waals surface area contributed by atoms with E-state index in [0.717, 1.165) is 28.2 Å². The maximum Gasteiger partial charge on any atom is 0.277 e. The predicted octanol–water partition coefficient (Wildman–Crippen LogP) is 4.80. The Morgan fingerprint density at radius 2 is 1.59 bits per heavy atom. The molecule has 0 saturated heterocycles. The number of fused-ring (bicyclic) bond motifs is 1. The average molecular weight is 355 g/mol. The van der Waals surface area contributed by atoms with Crippen molar-refractivity contribution in [1.29, 1.82) is 0 Å². The topological polar surface area (TPSA) is 37.6 Å². The number of aryl methyl sites for hydroxylation is 2. The number of aromatic nitrogens is 2. The van der Waals surface area contributed by atoms with Gasteiger partial charge in [-0.05, 0) is 43.2 Å². The van der Waals surface area contributed by atoms with Gasteiger partial charge in [0.25, 0.3) is 5.91 Å². The summed E-state index contributed by atoms with van der Waals surface area (Å²) < 4.78 is 1.90. The van der Waals surface area contributed by atoms with Crippen LogP contribution in [0.5, 0.6) is 0 Å². The molecule has 4 rings (SSSR count). The molecular formula is C23H21N3O. The zero-order valence-corrected chi connectivity index (χ0v) is 15.5. The quantitative estimate of drug-likeness (QED) is 0.527. The number of imidazole rings is 1. The summed E-state index contributed by atoms with van der Waals surface area (Å²) in [5, 5.41) is 0. The number of anilines is 1. The van der Waals surface area contributed by atoms with Crippen molar-refractivity contribution in [1.82, 2.24) is 9.38 Å². The van der Waals surface area contributed by atoms with Gasteiger partial charge in [-0.15, -0.1) is 0 Å². The molecule has 0 radical (unpaired) electrons. The Morgan fingerprint density at radius 3 is 2.30 bits per heavy atom. The Labute approximate surface area is 158 Å². The summed E-state index contributed by atoms with van der Waals surface area (Å²) in [6.45, 7) is 4.41. The third-order valence-electron chi connectivity index (χ3n) is 4.72. The largest absolute Gasteiger partial charge is 0.303 e. The molecule has 1 amide bonds. The van der Waals surface area contributed by atoms with Crippen molar-refractivity contribution in [3.8, 4) is 0 Å². The minimum atomic E-state index is -0.0550. The second-order valence-electron chi connectivity index (χ2n) is 6.64. The molecule has 0 bridgehead atoms. The number of rotatable bonds is 4. The van der Waals surface area contributed by atoms with Gasteiger partial charge in [0.1, 0.15) is 11.3 Å². The molecule has 0 N–H and O–H groups in total. The molecule has 0 saturated carbocycles. The number of para-hydroxylation sites is 1. The second-order valence-corrected chi connectivity index (χ2v) is 6.64. The summed E-state index contributed by atoms with van der Waals surface area (Å²) in [4.78, 5) is 20.1. The first-order valence-corrected chi connectivity index (χ1v) is 9.00. The average Bonchev–Trinajstić information content (AvgIpc) is 3.04. The van der Waals surface area contributed by atoms with E-state index in [4.69, 9.17) is 0 Å². The lowest BCUT2D eigenvalue weighted by molar-refractivity contribution is 0.0979. The first-order chi connectivity index (χ1) is 13.1. The number of hydrogen-bond donors (Lipinski definition) is 0. The molecule has 134 valence electrons. The minimum Gasteiger partial charge on any atom is -0.303 e. The van der Waals surface area contributed by atoms with Gasteiger partial charge in [0.15, 0.2) is 0 Å². The summed E-state index contributed by atoms with van der Waals surface area (Å²) in [5.74, 6) is -0.0550. The van der Waals surface area contributed by atoms with Crippen molar-refractivity contribution in [2.45, 2.75) is 20.4 Å². The van der Waals surface area contributed by atoms with Crippen molar-refractivity contribution < 1.29 is 4.79 Å². The van der Waals surface area contributed by atoms with E-state index in [2.05, 4.69) is 4.98 Å². The molecule has 0 fully saturated rings. The Bertz CT molecular complexity index is 1080. The van der Waals surface area contributed by atoms with Crippen LogP contribution in [0.1, 0.15) is 27.3 Å². The fourth-order valence-electron chi connectivity index (χ4n) is 3.36. The normalized spacial score (nSPS) is 10.9. The third-order valence-corrected chi connectivity index (χ3v) is 4.72. The molecule has 0 atom stereocenters. The number of nitrogens with zero attached hydrogens (tertiary/aromatic N) is 3. The molecule has 4 nitrogen and oxygen atoms in total. The molecule has 2 aromatic heterocycles. The van der Waals surface area contributed by atoms with E-state index < -0.39 is 0 Å².